The smallest absolute Gasteiger partial charge is 0.166 e. The Kier molecular flexibility index (Phi) is 4.51. The van der Waals surface area contributed by atoms with Gasteiger partial charge in [-0.3, -0.25) is 9.69 Å². The molecule has 1 aliphatic heterocycles. The monoisotopic (exact) mass is 271 g/mol. The number of rotatable bonds is 4. The standard InChI is InChI=1S/C18H25NO/c20-18(15-8-2-1-3-9-15)17-11-5-4-10-16(17)14-19-12-6-7-13-19/h4-5,10-11,15H,1-3,6-9,12-14H2. The van der Waals surface area contributed by atoms with Gasteiger partial charge < -0.3 is 0 Å². The molecular weight excluding hydrogens is 246 g/mol. The lowest BCUT2D eigenvalue weighted by molar-refractivity contribution is 0.0887. The normalized spacial score (nSPS) is 21.2. The summed E-state index contributed by atoms with van der Waals surface area (Å²) in [4.78, 5) is 15.3. The molecule has 0 bridgehead atoms. The van der Waals surface area contributed by atoms with Crippen LogP contribution in [0.3, 0.4) is 0 Å². The average molecular weight is 271 g/mol. The van der Waals surface area contributed by atoms with Crippen LogP contribution >= 0.6 is 0 Å². The van der Waals surface area contributed by atoms with Crippen molar-refractivity contribution in [2.24, 2.45) is 5.92 Å². The van der Waals surface area contributed by atoms with Crippen LogP contribution in [0.25, 0.3) is 0 Å². The molecule has 1 aliphatic carbocycles. The molecule has 1 aromatic carbocycles. The largest absolute Gasteiger partial charge is 0.299 e. The lowest BCUT2D eigenvalue weighted by Gasteiger charge is -2.23. The second-order valence-electron chi connectivity index (χ2n) is 6.34. The van der Waals surface area contributed by atoms with E-state index >= 15 is 0 Å². The van der Waals surface area contributed by atoms with Crippen molar-refractivity contribution in [2.75, 3.05) is 13.1 Å². The van der Waals surface area contributed by atoms with Crippen LogP contribution in [0.2, 0.25) is 0 Å². The minimum absolute atomic E-state index is 0.281. The summed E-state index contributed by atoms with van der Waals surface area (Å²) in [5.74, 6) is 0.683. The molecule has 2 nitrogen and oxygen atoms in total. The van der Waals surface area contributed by atoms with E-state index in [9.17, 15) is 4.79 Å². The summed E-state index contributed by atoms with van der Waals surface area (Å²) in [6, 6.07) is 8.28. The number of carbonyl (C=O) groups excluding carboxylic acids is 1. The van der Waals surface area contributed by atoms with E-state index in [4.69, 9.17) is 0 Å². The van der Waals surface area contributed by atoms with E-state index in [-0.39, 0.29) is 5.92 Å². The van der Waals surface area contributed by atoms with Crippen LogP contribution in [-0.4, -0.2) is 23.8 Å². The molecule has 0 radical (unpaired) electrons. The quantitative estimate of drug-likeness (QED) is 0.770. The van der Waals surface area contributed by atoms with Crippen LogP contribution in [-0.2, 0) is 6.54 Å². The summed E-state index contributed by atoms with van der Waals surface area (Å²) >= 11 is 0. The fourth-order valence-electron chi connectivity index (χ4n) is 3.66. The lowest BCUT2D eigenvalue weighted by atomic mass is 9.83. The molecule has 108 valence electrons. The van der Waals surface area contributed by atoms with Crippen LogP contribution in [0.1, 0.15) is 60.9 Å². The molecule has 1 aromatic rings. The third-order valence-electron chi connectivity index (χ3n) is 4.85. The Morgan fingerprint density at radius 3 is 2.45 bits per heavy atom. The van der Waals surface area contributed by atoms with Crippen molar-refractivity contribution in [1.29, 1.82) is 0 Å². The highest BCUT2D eigenvalue weighted by atomic mass is 16.1. The summed E-state index contributed by atoms with van der Waals surface area (Å²) in [7, 11) is 0. The maximum atomic E-state index is 12.8. The number of hydrogen-bond donors (Lipinski definition) is 0. The summed E-state index contributed by atoms with van der Waals surface area (Å²) in [5.41, 5.74) is 2.23. The molecule has 1 heterocycles. The SMILES string of the molecule is O=C(c1ccccc1CN1CCCC1)C1CCCCC1. The van der Waals surface area contributed by atoms with E-state index in [1.54, 1.807) is 0 Å². The number of Topliss-reactive ketones (excluding diaryl/α,β-unsaturated/α-hetero) is 1. The summed E-state index contributed by atoms with van der Waals surface area (Å²) in [6.07, 6.45) is 8.56. The maximum Gasteiger partial charge on any atom is 0.166 e. The first-order valence-electron chi connectivity index (χ1n) is 8.19. The Hall–Kier alpha value is -1.15. The summed E-state index contributed by atoms with van der Waals surface area (Å²) < 4.78 is 0. The van der Waals surface area contributed by atoms with Gasteiger partial charge in [0.05, 0.1) is 0 Å². The molecular formula is C18H25NO. The number of benzene rings is 1. The van der Waals surface area contributed by atoms with E-state index in [1.165, 1.54) is 50.8 Å². The molecule has 0 N–H and O–H groups in total. The molecule has 0 aromatic heterocycles. The highest BCUT2D eigenvalue weighted by Crippen LogP contribution is 2.28. The Morgan fingerprint density at radius 1 is 1.00 bits per heavy atom. The van der Waals surface area contributed by atoms with Gasteiger partial charge in [0.15, 0.2) is 5.78 Å². The second-order valence-corrected chi connectivity index (χ2v) is 6.34. The second kappa shape index (κ2) is 6.53. The first-order chi connectivity index (χ1) is 9.84. The molecule has 20 heavy (non-hydrogen) atoms. The summed E-state index contributed by atoms with van der Waals surface area (Å²) in [5, 5.41) is 0. The minimum atomic E-state index is 0.281. The molecule has 1 saturated carbocycles. The highest BCUT2D eigenvalue weighted by Gasteiger charge is 2.24. The Balaban J connectivity index is 1.75. The third kappa shape index (κ3) is 3.12. The van der Waals surface area contributed by atoms with Crippen LogP contribution < -0.4 is 0 Å². The molecule has 2 aliphatic rings. The van der Waals surface area contributed by atoms with Gasteiger partial charge >= 0.3 is 0 Å². The van der Waals surface area contributed by atoms with Crippen molar-refractivity contribution in [3.8, 4) is 0 Å². The van der Waals surface area contributed by atoms with Gasteiger partial charge in [-0.25, -0.2) is 0 Å². The third-order valence-corrected chi connectivity index (χ3v) is 4.85. The topological polar surface area (TPSA) is 20.3 Å². The zero-order chi connectivity index (χ0) is 13.8. The average Bonchev–Trinajstić information content (AvgIpc) is 3.01. The predicted octanol–water partition coefficient (Wildman–Crippen LogP) is 4.05. The number of likely N-dealkylation sites (tertiary alicyclic amines) is 1. The molecule has 1 saturated heterocycles. The van der Waals surface area contributed by atoms with Gasteiger partial charge in [-0.15, -0.1) is 0 Å². The van der Waals surface area contributed by atoms with E-state index in [0.29, 0.717) is 5.78 Å². The van der Waals surface area contributed by atoms with Crippen LogP contribution in [0.4, 0.5) is 0 Å². The number of carbonyl (C=O) groups is 1. The van der Waals surface area contributed by atoms with E-state index in [2.05, 4.69) is 17.0 Å². The molecule has 0 unspecified atom stereocenters. The molecule has 2 fully saturated rings. The number of ketones is 1. The van der Waals surface area contributed by atoms with Gasteiger partial charge in [-0.2, -0.15) is 0 Å². The lowest BCUT2D eigenvalue weighted by Crippen LogP contribution is -2.23. The first-order valence-corrected chi connectivity index (χ1v) is 8.19. The molecule has 3 rings (SSSR count). The van der Waals surface area contributed by atoms with Crippen molar-refractivity contribution in [3.63, 3.8) is 0 Å². The molecule has 0 spiro atoms. The van der Waals surface area contributed by atoms with Crippen LogP contribution in [0.15, 0.2) is 24.3 Å². The van der Waals surface area contributed by atoms with Gasteiger partial charge in [0.2, 0.25) is 0 Å². The van der Waals surface area contributed by atoms with Gasteiger partial charge in [0.1, 0.15) is 0 Å². The minimum Gasteiger partial charge on any atom is -0.299 e. The van der Waals surface area contributed by atoms with Crippen molar-refractivity contribution >= 4 is 5.78 Å². The fourth-order valence-corrected chi connectivity index (χ4v) is 3.66. The Labute approximate surface area is 122 Å². The molecule has 0 atom stereocenters. The van der Waals surface area contributed by atoms with Crippen LogP contribution in [0.5, 0.6) is 0 Å². The summed E-state index contributed by atoms with van der Waals surface area (Å²) in [6.45, 7) is 3.33. The van der Waals surface area contributed by atoms with Gasteiger partial charge in [0, 0.05) is 18.0 Å². The van der Waals surface area contributed by atoms with Gasteiger partial charge in [-0.05, 0) is 44.3 Å². The maximum absolute atomic E-state index is 12.8. The van der Waals surface area contributed by atoms with Crippen LogP contribution in [0, 0.1) is 5.92 Å². The van der Waals surface area contributed by atoms with Crippen molar-refractivity contribution in [2.45, 2.75) is 51.5 Å². The van der Waals surface area contributed by atoms with Crippen molar-refractivity contribution in [1.82, 2.24) is 4.90 Å². The molecule has 2 heteroatoms. The van der Waals surface area contributed by atoms with Gasteiger partial charge in [-0.1, -0.05) is 43.5 Å². The first kappa shape index (κ1) is 13.8. The van der Waals surface area contributed by atoms with E-state index in [1.807, 2.05) is 12.1 Å². The van der Waals surface area contributed by atoms with Gasteiger partial charge in [0.25, 0.3) is 0 Å². The predicted molar refractivity (Wildman–Crippen MR) is 81.9 cm³/mol. The fraction of sp³-hybridized carbons (Fsp3) is 0.611. The number of hydrogen-bond acceptors (Lipinski definition) is 2. The highest BCUT2D eigenvalue weighted by molar-refractivity contribution is 5.99. The van der Waals surface area contributed by atoms with Crippen molar-refractivity contribution < 1.29 is 4.79 Å². The van der Waals surface area contributed by atoms with E-state index in [0.717, 1.165) is 24.9 Å². The Morgan fingerprint density at radius 2 is 1.70 bits per heavy atom. The Bertz CT molecular complexity index is 456. The molecule has 0 amide bonds. The van der Waals surface area contributed by atoms with Crippen molar-refractivity contribution in [3.05, 3.63) is 35.4 Å². The zero-order valence-corrected chi connectivity index (χ0v) is 12.3. The van der Waals surface area contributed by atoms with E-state index < -0.39 is 0 Å². The zero-order valence-electron chi connectivity index (χ0n) is 12.3. The number of nitrogens with zero attached hydrogens (tertiary/aromatic N) is 1.